The summed E-state index contributed by atoms with van der Waals surface area (Å²) in [5, 5.41) is 12.6. The van der Waals surface area contributed by atoms with E-state index >= 15 is 0 Å². The van der Waals surface area contributed by atoms with Gasteiger partial charge < -0.3 is 9.97 Å². The number of hydrogen-bond donors (Lipinski definition) is 2. The molecule has 0 fully saturated rings. The van der Waals surface area contributed by atoms with E-state index in [4.69, 9.17) is 0 Å². The first kappa shape index (κ1) is 23.7. The second kappa shape index (κ2) is 8.82. The monoisotopic (exact) mass is 558 g/mol. The summed E-state index contributed by atoms with van der Waals surface area (Å²) in [5.41, 5.74) is 9.71. The van der Waals surface area contributed by atoms with Crippen molar-refractivity contribution in [3.05, 3.63) is 146 Å². The lowest BCUT2D eigenvalue weighted by atomic mass is 9.85. The van der Waals surface area contributed by atoms with Crippen molar-refractivity contribution in [3.8, 4) is 22.3 Å². The zero-order valence-corrected chi connectivity index (χ0v) is 23.9. The minimum absolute atomic E-state index is 1.16. The minimum Gasteiger partial charge on any atom is -0.355 e. The standard InChI is InChI=1S/C42H26N2/c1-2-10-26-24-40-36(21-25(26)9-1)35-23-28(18-20-39(35)44-40)42-32-14-5-3-12-30(32)41(31-13-4-6-15-33(31)42)27-17-19-38-34(22-27)29-11-7-8-16-37(29)43-38/h1-24,43-44H. The highest BCUT2D eigenvalue weighted by Crippen LogP contribution is 2.45. The summed E-state index contributed by atoms with van der Waals surface area (Å²) in [7, 11) is 0. The fourth-order valence-electron chi connectivity index (χ4n) is 7.50. The number of para-hydroxylation sites is 1. The molecule has 2 aromatic heterocycles. The first-order chi connectivity index (χ1) is 21.8. The number of nitrogens with one attached hydrogen (secondary N) is 2. The van der Waals surface area contributed by atoms with Gasteiger partial charge in [-0.2, -0.15) is 0 Å². The maximum Gasteiger partial charge on any atom is 0.0471 e. The average Bonchev–Trinajstić information content (AvgIpc) is 3.63. The molecule has 10 rings (SSSR count). The molecule has 0 aliphatic carbocycles. The Balaban J connectivity index is 1.27. The molecule has 2 nitrogen and oxygen atoms in total. The lowest BCUT2D eigenvalue weighted by Crippen LogP contribution is -1.91. The average molecular weight is 559 g/mol. The van der Waals surface area contributed by atoms with Crippen LogP contribution in [-0.4, -0.2) is 9.97 Å². The summed E-state index contributed by atoms with van der Waals surface area (Å²) < 4.78 is 0. The lowest BCUT2D eigenvalue weighted by Gasteiger charge is -2.18. The van der Waals surface area contributed by atoms with Crippen molar-refractivity contribution >= 4 is 75.9 Å². The van der Waals surface area contributed by atoms with Crippen LogP contribution in [0.2, 0.25) is 0 Å². The fourth-order valence-corrected chi connectivity index (χ4v) is 7.50. The predicted octanol–water partition coefficient (Wildman–Crippen LogP) is 11.7. The van der Waals surface area contributed by atoms with Gasteiger partial charge in [0.15, 0.2) is 0 Å². The maximum absolute atomic E-state index is 3.68. The lowest BCUT2D eigenvalue weighted by molar-refractivity contribution is 1.55. The summed E-state index contributed by atoms with van der Waals surface area (Å²) in [6.07, 6.45) is 0. The molecular formula is C42H26N2. The van der Waals surface area contributed by atoms with E-state index in [1.165, 1.54) is 92.7 Å². The molecule has 2 heteroatoms. The molecule has 0 saturated heterocycles. The number of H-pyrrole nitrogens is 2. The summed E-state index contributed by atoms with van der Waals surface area (Å²) in [6, 6.07) is 53.4. The number of hydrogen-bond acceptors (Lipinski definition) is 0. The van der Waals surface area contributed by atoms with Gasteiger partial charge in [-0.3, -0.25) is 0 Å². The minimum atomic E-state index is 1.16. The fraction of sp³-hybridized carbons (Fsp3) is 0. The summed E-state index contributed by atoms with van der Waals surface area (Å²) in [5.74, 6) is 0. The number of aromatic nitrogens is 2. The predicted molar refractivity (Wildman–Crippen MR) is 189 cm³/mol. The second-order valence-electron chi connectivity index (χ2n) is 11.9. The molecule has 0 amide bonds. The Morgan fingerprint density at radius 2 is 0.682 bits per heavy atom. The third kappa shape index (κ3) is 3.31. The van der Waals surface area contributed by atoms with Gasteiger partial charge in [0, 0.05) is 43.6 Å². The topological polar surface area (TPSA) is 31.6 Å². The Kier molecular flexibility index (Phi) is 4.75. The van der Waals surface area contributed by atoms with E-state index in [1.54, 1.807) is 0 Å². The van der Waals surface area contributed by atoms with E-state index in [1.807, 2.05) is 0 Å². The largest absolute Gasteiger partial charge is 0.355 e. The molecule has 2 heterocycles. The molecule has 0 aliphatic rings. The Bertz CT molecular complexity index is 2720. The van der Waals surface area contributed by atoms with Crippen molar-refractivity contribution in [2.45, 2.75) is 0 Å². The molecule has 0 unspecified atom stereocenters. The number of aromatic amines is 2. The Hall–Kier alpha value is -5.86. The van der Waals surface area contributed by atoms with Gasteiger partial charge in [0.05, 0.1) is 0 Å². The van der Waals surface area contributed by atoms with Crippen LogP contribution in [0.4, 0.5) is 0 Å². The first-order valence-electron chi connectivity index (χ1n) is 15.2. The van der Waals surface area contributed by atoms with Crippen molar-refractivity contribution < 1.29 is 0 Å². The SMILES string of the molecule is c1ccc2cc3c(cc2c1)[nH]c1ccc(-c2c4ccccc4c(-c4ccc5[nH]c6ccccc6c5c4)c4ccccc24)cc13. The van der Waals surface area contributed by atoms with Gasteiger partial charge in [-0.1, -0.05) is 103 Å². The summed E-state index contributed by atoms with van der Waals surface area (Å²) in [6.45, 7) is 0. The molecular weight excluding hydrogens is 532 g/mol. The van der Waals surface area contributed by atoms with Crippen molar-refractivity contribution in [2.75, 3.05) is 0 Å². The Morgan fingerprint density at radius 1 is 0.273 bits per heavy atom. The van der Waals surface area contributed by atoms with E-state index in [-0.39, 0.29) is 0 Å². The van der Waals surface area contributed by atoms with E-state index in [0.29, 0.717) is 0 Å². The van der Waals surface area contributed by atoms with Crippen LogP contribution in [0, 0.1) is 0 Å². The van der Waals surface area contributed by atoms with Crippen LogP contribution in [0.25, 0.3) is 98.2 Å². The highest BCUT2D eigenvalue weighted by atomic mass is 14.7. The Labute approximate surface area is 253 Å². The molecule has 0 aliphatic heterocycles. The molecule has 0 radical (unpaired) electrons. The molecule has 0 atom stereocenters. The van der Waals surface area contributed by atoms with Crippen molar-refractivity contribution in [1.29, 1.82) is 0 Å². The normalized spacial score (nSPS) is 12.1. The number of fused-ring (bicyclic) bond motifs is 9. The van der Waals surface area contributed by atoms with Gasteiger partial charge >= 0.3 is 0 Å². The van der Waals surface area contributed by atoms with E-state index in [0.717, 1.165) is 5.52 Å². The Morgan fingerprint density at radius 3 is 1.27 bits per heavy atom. The molecule has 204 valence electrons. The molecule has 10 aromatic rings. The van der Waals surface area contributed by atoms with Gasteiger partial charge in [0.1, 0.15) is 0 Å². The highest BCUT2D eigenvalue weighted by Gasteiger charge is 2.18. The van der Waals surface area contributed by atoms with Gasteiger partial charge in [0.25, 0.3) is 0 Å². The maximum atomic E-state index is 3.68. The van der Waals surface area contributed by atoms with Gasteiger partial charge in [-0.05, 0) is 97.0 Å². The van der Waals surface area contributed by atoms with Gasteiger partial charge in [-0.15, -0.1) is 0 Å². The molecule has 0 saturated carbocycles. The third-order valence-corrected chi connectivity index (χ3v) is 9.48. The number of rotatable bonds is 2. The zero-order valence-electron chi connectivity index (χ0n) is 23.9. The van der Waals surface area contributed by atoms with E-state index < -0.39 is 0 Å². The zero-order chi connectivity index (χ0) is 28.8. The molecule has 2 N–H and O–H groups in total. The van der Waals surface area contributed by atoms with Crippen LogP contribution >= 0.6 is 0 Å². The van der Waals surface area contributed by atoms with E-state index in [9.17, 15) is 0 Å². The smallest absolute Gasteiger partial charge is 0.0471 e. The molecule has 0 bridgehead atoms. The third-order valence-electron chi connectivity index (χ3n) is 9.48. The van der Waals surface area contributed by atoms with E-state index in [2.05, 4.69) is 156 Å². The van der Waals surface area contributed by atoms with Crippen molar-refractivity contribution in [2.24, 2.45) is 0 Å². The van der Waals surface area contributed by atoms with Crippen LogP contribution in [-0.2, 0) is 0 Å². The van der Waals surface area contributed by atoms with Crippen molar-refractivity contribution in [1.82, 2.24) is 9.97 Å². The summed E-state index contributed by atoms with van der Waals surface area (Å²) >= 11 is 0. The number of benzene rings is 8. The van der Waals surface area contributed by atoms with Crippen LogP contribution in [0.1, 0.15) is 0 Å². The van der Waals surface area contributed by atoms with Crippen LogP contribution in [0.3, 0.4) is 0 Å². The highest BCUT2D eigenvalue weighted by molar-refractivity contribution is 6.23. The van der Waals surface area contributed by atoms with Crippen LogP contribution < -0.4 is 0 Å². The quantitative estimate of drug-likeness (QED) is 0.198. The van der Waals surface area contributed by atoms with Crippen LogP contribution in [0.15, 0.2) is 146 Å². The van der Waals surface area contributed by atoms with Gasteiger partial charge in [0.2, 0.25) is 0 Å². The molecule has 44 heavy (non-hydrogen) atoms. The van der Waals surface area contributed by atoms with Gasteiger partial charge in [-0.25, -0.2) is 0 Å². The molecule has 8 aromatic carbocycles. The summed E-state index contributed by atoms with van der Waals surface area (Å²) in [4.78, 5) is 7.27. The second-order valence-corrected chi connectivity index (χ2v) is 11.9. The van der Waals surface area contributed by atoms with Crippen LogP contribution in [0.5, 0.6) is 0 Å². The first-order valence-corrected chi connectivity index (χ1v) is 15.2. The molecule has 0 spiro atoms. The van der Waals surface area contributed by atoms with Crippen molar-refractivity contribution in [3.63, 3.8) is 0 Å².